The van der Waals surface area contributed by atoms with E-state index >= 15 is 0 Å². The van der Waals surface area contributed by atoms with E-state index in [1.807, 2.05) is 19.1 Å². The number of esters is 1. The number of fused-ring (bicyclic) bond motifs is 1. The number of ether oxygens (including phenoxy) is 1. The summed E-state index contributed by atoms with van der Waals surface area (Å²) in [5.41, 5.74) is 2.75. The molecule has 0 atom stereocenters. The molecule has 0 radical (unpaired) electrons. The molecule has 3 rings (SSSR count). The lowest BCUT2D eigenvalue weighted by atomic mass is 9.99. The Morgan fingerprint density at radius 3 is 2.45 bits per heavy atom. The van der Waals surface area contributed by atoms with Crippen molar-refractivity contribution in [2.75, 3.05) is 0 Å². The predicted molar refractivity (Wildman–Crippen MR) is 81.6 cm³/mol. The van der Waals surface area contributed by atoms with E-state index in [9.17, 15) is 14.9 Å². The summed E-state index contributed by atoms with van der Waals surface area (Å²) in [6.07, 6.45) is 0. The zero-order valence-electron chi connectivity index (χ0n) is 12.1. The summed E-state index contributed by atoms with van der Waals surface area (Å²) in [5, 5.41) is 11.6. The molecular formula is C17H13NO4. The first-order valence-electron chi connectivity index (χ1n) is 6.77. The number of carbonyl (C=O) groups is 1. The zero-order chi connectivity index (χ0) is 15.9. The topological polar surface area (TPSA) is 69.4 Å². The van der Waals surface area contributed by atoms with Crippen LogP contribution in [-0.2, 0) is 4.74 Å². The van der Waals surface area contributed by atoms with E-state index in [0.717, 1.165) is 11.1 Å². The van der Waals surface area contributed by atoms with Gasteiger partial charge in [0.1, 0.15) is 0 Å². The van der Waals surface area contributed by atoms with E-state index in [1.165, 1.54) is 0 Å². The van der Waals surface area contributed by atoms with Crippen molar-refractivity contribution in [3.63, 3.8) is 0 Å². The van der Waals surface area contributed by atoms with Gasteiger partial charge in [0, 0.05) is 5.56 Å². The Bertz CT molecular complexity index is 836. The Labute approximate surface area is 127 Å². The molecule has 0 spiro atoms. The molecule has 5 heteroatoms. The minimum absolute atomic E-state index is 0.0132. The number of hydrogen-bond acceptors (Lipinski definition) is 4. The molecule has 1 heterocycles. The van der Waals surface area contributed by atoms with Crippen LogP contribution in [0.3, 0.4) is 0 Å². The molecule has 0 unspecified atom stereocenters. The molecule has 2 aromatic carbocycles. The van der Waals surface area contributed by atoms with Gasteiger partial charge in [-0.1, -0.05) is 35.9 Å². The standard InChI is InChI=1S/C17H13NO4/c1-10-7-8-11(2)14(9-10)15(18(20)21)16-12-5-3-4-6-13(12)17(19)22-16/h3-9H,1-2H3/b16-15-. The first kappa shape index (κ1) is 14.0. The smallest absolute Gasteiger partial charge is 0.344 e. The lowest BCUT2D eigenvalue weighted by Gasteiger charge is -2.07. The van der Waals surface area contributed by atoms with Gasteiger partial charge in [0.25, 0.3) is 0 Å². The number of hydrogen-bond donors (Lipinski definition) is 0. The summed E-state index contributed by atoms with van der Waals surface area (Å²) in [6, 6.07) is 12.1. The highest BCUT2D eigenvalue weighted by atomic mass is 16.6. The van der Waals surface area contributed by atoms with Gasteiger partial charge in [-0.2, -0.15) is 0 Å². The van der Waals surface area contributed by atoms with Crippen molar-refractivity contribution >= 4 is 17.4 Å². The second-order valence-electron chi connectivity index (χ2n) is 5.19. The quantitative estimate of drug-likeness (QED) is 0.482. The van der Waals surface area contributed by atoms with Crippen LogP contribution >= 0.6 is 0 Å². The highest BCUT2D eigenvalue weighted by Crippen LogP contribution is 2.36. The summed E-state index contributed by atoms with van der Waals surface area (Å²) in [6.45, 7) is 3.65. The zero-order valence-corrected chi connectivity index (χ0v) is 12.1. The van der Waals surface area contributed by atoms with E-state index in [-0.39, 0.29) is 11.5 Å². The second kappa shape index (κ2) is 5.11. The third-order valence-electron chi connectivity index (χ3n) is 3.63. The summed E-state index contributed by atoms with van der Waals surface area (Å²) >= 11 is 0. The van der Waals surface area contributed by atoms with E-state index in [2.05, 4.69) is 0 Å². The Hall–Kier alpha value is -2.95. The fourth-order valence-corrected chi connectivity index (χ4v) is 2.53. The van der Waals surface area contributed by atoms with Gasteiger partial charge in [-0.25, -0.2) is 4.79 Å². The van der Waals surface area contributed by atoms with Crippen molar-refractivity contribution in [1.82, 2.24) is 0 Å². The summed E-state index contributed by atoms with van der Waals surface area (Å²) in [4.78, 5) is 23.0. The first-order chi connectivity index (χ1) is 10.5. The lowest BCUT2D eigenvalue weighted by Crippen LogP contribution is -2.04. The van der Waals surface area contributed by atoms with Crippen LogP contribution < -0.4 is 0 Å². The Morgan fingerprint density at radius 2 is 1.77 bits per heavy atom. The van der Waals surface area contributed by atoms with Crippen molar-refractivity contribution < 1.29 is 14.5 Å². The van der Waals surface area contributed by atoms with Crippen LogP contribution in [0.1, 0.15) is 32.6 Å². The molecule has 2 aromatic rings. The van der Waals surface area contributed by atoms with Crippen LogP contribution in [-0.4, -0.2) is 10.9 Å². The highest BCUT2D eigenvalue weighted by Gasteiger charge is 2.35. The third kappa shape index (κ3) is 2.16. The number of nitro groups is 1. The largest absolute Gasteiger partial charge is 0.415 e. The van der Waals surface area contributed by atoms with Gasteiger partial charge in [-0.3, -0.25) is 10.1 Å². The van der Waals surface area contributed by atoms with Gasteiger partial charge >= 0.3 is 11.7 Å². The van der Waals surface area contributed by atoms with E-state index in [4.69, 9.17) is 4.74 Å². The summed E-state index contributed by atoms with van der Waals surface area (Å²) in [5.74, 6) is -0.547. The van der Waals surface area contributed by atoms with Crippen LogP contribution in [0.5, 0.6) is 0 Å². The molecular weight excluding hydrogens is 282 g/mol. The predicted octanol–water partition coefficient (Wildman–Crippen LogP) is 3.58. The van der Waals surface area contributed by atoms with Crippen LogP contribution in [0.4, 0.5) is 0 Å². The number of aryl methyl sites for hydroxylation is 2. The van der Waals surface area contributed by atoms with Crippen LogP contribution in [0.25, 0.3) is 11.5 Å². The summed E-state index contributed by atoms with van der Waals surface area (Å²) < 4.78 is 5.20. The maximum Gasteiger partial charge on any atom is 0.344 e. The SMILES string of the molecule is Cc1ccc(C)c(/C(=C2/OC(=O)c3ccccc32)[N+](=O)[O-])c1. The van der Waals surface area contributed by atoms with E-state index < -0.39 is 10.9 Å². The minimum atomic E-state index is -0.560. The molecule has 0 fully saturated rings. The monoisotopic (exact) mass is 295 g/mol. The number of benzene rings is 2. The van der Waals surface area contributed by atoms with Gasteiger partial charge in [-0.15, -0.1) is 0 Å². The first-order valence-corrected chi connectivity index (χ1v) is 6.77. The normalized spacial score (nSPS) is 15.3. The number of carbonyl (C=O) groups excluding carboxylic acids is 1. The van der Waals surface area contributed by atoms with Crippen LogP contribution in [0, 0.1) is 24.0 Å². The Morgan fingerprint density at radius 1 is 1.09 bits per heavy atom. The van der Waals surface area contributed by atoms with Gasteiger partial charge in [0.15, 0.2) is 0 Å². The van der Waals surface area contributed by atoms with E-state index in [1.54, 1.807) is 37.3 Å². The van der Waals surface area contributed by atoms with Crippen molar-refractivity contribution in [3.8, 4) is 0 Å². The van der Waals surface area contributed by atoms with Crippen LogP contribution in [0.15, 0.2) is 42.5 Å². The molecule has 0 aliphatic carbocycles. The lowest BCUT2D eigenvalue weighted by molar-refractivity contribution is -0.375. The number of nitrogens with zero attached hydrogens (tertiary/aromatic N) is 1. The maximum atomic E-state index is 11.9. The second-order valence-corrected chi connectivity index (χ2v) is 5.19. The Balaban J connectivity index is 2.32. The fourth-order valence-electron chi connectivity index (χ4n) is 2.53. The molecule has 0 bridgehead atoms. The third-order valence-corrected chi connectivity index (χ3v) is 3.63. The number of cyclic esters (lactones) is 1. The number of rotatable bonds is 2. The molecule has 0 saturated heterocycles. The summed E-state index contributed by atoms with van der Waals surface area (Å²) in [7, 11) is 0. The van der Waals surface area contributed by atoms with Crippen molar-refractivity contribution in [2.45, 2.75) is 13.8 Å². The van der Waals surface area contributed by atoms with Crippen molar-refractivity contribution in [2.24, 2.45) is 0 Å². The fraction of sp³-hybridized carbons (Fsp3) is 0.118. The molecule has 0 N–H and O–H groups in total. The van der Waals surface area contributed by atoms with E-state index in [0.29, 0.717) is 16.7 Å². The van der Waals surface area contributed by atoms with Crippen molar-refractivity contribution in [1.29, 1.82) is 0 Å². The van der Waals surface area contributed by atoms with Gasteiger partial charge in [-0.05, 0) is 31.5 Å². The minimum Gasteiger partial charge on any atom is -0.415 e. The average Bonchev–Trinajstić information content (AvgIpc) is 2.80. The van der Waals surface area contributed by atoms with Gasteiger partial charge < -0.3 is 4.74 Å². The molecule has 110 valence electrons. The molecule has 0 aromatic heterocycles. The maximum absolute atomic E-state index is 11.9. The highest BCUT2D eigenvalue weighted by molar-refractivity contribution is 6.07. The molecule has 0 saturated carbocycles. The van der Waals surface area contributed by atoms with Gasteiger partial charge in [0.2, 0.25) is 5.76 Å². The van der Waals surface area contributed by atoms with Crippen molar-refractivity contribution in [3.05, 3.63) is 80.4 Å². The van der Waals surface area contributed by atoms with Crippen LogP contribution in [0.2, 0.25) is 0 Å². The average molecular weight is 295 g/mol. The molecule has 5 nitrogen and oxygen atoms in total. The van der Waals surface area contributed by atoms with Gasteiger partial charge in [0.05, 0.1) is 16.1 Å². The molecule has 0 amide bonds. The molecule has 22 heavy (non-hydrogen) atoms. The Kier molecular flexibility index (Phi) is 3.25. The molecule has 1 aliphatic heterocycles. The molecule has 1 aliphatic rings.